The lowest BCUT2D eigenvalue weighted by Gasteiger charge is -2.33. The monoisotopic (exact) mass is 403 g/mol. The van der Waals surface area contributed by atoms with Crippen molar-refractivity contribution >= 4 is 22.7 Å². The highest BCUT2D eigenvalue weighted by Gasteiger charge is 2.31. The Balaban J connectivity index is 1.33. The van der Waals surface area contributed by atoms with E-state index in [2.05, 4.69) is 15.3 Å². The van der Waals surface area contributed by atoms with Crippen molar-refractivity contribution < 1.29 is 14.0 Å². The number of hydrogen-bond donors (Lipinski definition) is 2. The number of H-pyrrole nitrogens is 1. The van der Waals surface area contributed by atoms with Crippen molar-refractivity contribution in [1.82, 2.24) is 24.8 Å². The summed E-state index contributed by atoms with van der Waals surface area (Å²) < 4.78 is 7.18. The Morgan fingerprint density at radius 3 is 2.90 bits per heavy atom. The van der Waals surface area contributed by atoms with Crippen molar-refractivity contribution in [3.8, 4) is 0 Å². The topological polar surface area (TPSA) is 96.2 Å². The Labute approximate surface area is 172 Å². The summed E-state index contributed by atoms with van der Waals surface area (Å²) in [5, 5.41) is 3.81. The molecule has 0 radical (unpaired) electrons. The molecule has 1 aliphatic rings. The van der Waals surface area contributed by atoms with Gasteiger partial charge in [0.2, 0.25) is 0 Å². The van der Waals surface area contributed by atoms with E-state index in [1.165, 1.54) is 0 Å². The zero-order valence-electron chi connectivity index (χ0n) is 16.5. The Morgan fingerprint density at radius 2 is 2.10 bits per heavy atom. The second-order valence-electron chi connectivity index (χ2n) is 7.38. The van der Waals surface area contributed by atoms with E-state index in [1.807, 2.05) is 41.8 Å². The first-order valence-corrected chi connectivity index (χ1v) is 9.86. The van der Waals surface area contributed by atoms with E-state index in [0.29, 0.717) is 42.6 Å². The molecule has 4 heterocycles. The van der Waals surface area contributed by atoms with Gasteiger partial charge in [0.1, 0.15) is 23.0 Å². The lowest BCUT2D eigenvalue weighted by molar-refractivity contribution is 0.0632. The number of benzene rings is 1. The molecule has 1 unspecified atom stereocenters. The van der Waals surface area contributed by atoms with Crippen LogP contribution in [0.5, 0.6) is 0 Å². The van der Waals surface area contributed by atoms with Crippen LogP contribution < -0.4 is 5.32 Å². The predicted molar refractivity (Wildman–Crippen MR) is 110 cm³/mol. The van der Waals surface area contributed by atoms with Gasteiger partial charge < -0.3 is 24.2 Å². The van der Waals surface area contributed by atoms with Gasteiger partial charge >= 0.3 is 0 Å². The van der Waals surface area contributed by atoms with Crippen molar-refractivity contribution in [3.05, 3.63) is 77.9 Å². The van der Waals surface area contributed by atoms with E-state index in [1.54, 1.807) is 29.5 Å². The lowest BCUT2D eigenvalue weighted by atomic mass is 10.2. The van der Waals surface area contributed by atoms with Gasteiger partial charge in [-0.25, -0.2) is 4.98 Å². The van der Waals surface area contributed by atoms with E-state index in [9.17, 15) is 9.59 Å². The third-order valence-corrected chi connectivity index (χ3v) is 5.49. The second kappa shape index (κ2) is 7.22. The van der Waals surface area contributed by atoms with E-state index in [4.69, 9.17) is 4.42 Å². The van der Waals surface area contributed by atoms with Crippen LogP contribution in [-0.2, 0) is 13.1 Å². The largest absolute Gasteiger partial charge is 0.467 e. The van der Waals surface area contributed by atoms with E-state index < -0.39 is 0 Å². The van der Waals surface area contributed by atoms with Crippen LogP contribution in [0.1, 0.15) is 45.5 Å². The molecule has 4 aromatic rings. The minimum absolute atomic E-state index is 0.0724. The maximum Gasteiger partial charge on any atom is 0.271 e. The molecule has 2 N–H and O–H groups in total. The number of para-hydroxylation sites is 1. The quantitative estimate of drug-likeness (QED) is 0.547. The Bertz CT molecular complexity index is 1190. The molecule has 8 nitrogen and oxygen atoms in total. The molecule has 0 saturated carbocycles. The Morgan fingerprint density at radius 1 is 1.23 bits per heavy atom. The summed E-state index contributed by atoms with van der Waals surface area (Å²) in [5.41, 5.74) is 1.82. The summed E-state index contributed by atoms with van der Waals surface area (Å²) in [6, 6.07) is 13.0. The number of aromatic nitrogens is 3. The van der Waals surface area contributed by atoms with Crippen molar-refractivity contribution in [2.24, 2.45) is 0 Å². The van der Waals surface area contributed by atoms with Crippen LogP contribution in [0.3, 0.4) is 0 Å². The number of aromatic amines is 1. The van der Waals surface area contributed by atoms with Gasteiger partial charge in [-0.2, -0.15) is 0 Å². The second-order valence-corrected chi connectivity index (χ2v) is 7.38. The number of nitrogens with one attached hydrogen (secondary N) is 2. The van der Waals surface area contributed by atoms with Gasteiger partial charge in [0, 0.05) is 30.2 Å². The fraction of sp³-hybridized carbons (Fsp3) is 0.227. The molecule has 8 heteroatoms. The van der Waals surface area contributed by atoms with Gasteiger partial charge in [0.25, 0.3) is 11.8 Å². The van der Waals surface area contributed by atoms with Gasteiger partial charge in [-0.1, -0.05) is 18.2 Å². The van der Waals surface area contributed by atoms with Crippen LogP contribution in [0, 0.1) is 0 Å². The van der Waals surface area contributed by atoms with Gasteiger partial charge in [-0.15, -0.1) is 0 Å². The molecular weight excluding hydrogens is 382 g/mol. The molecule has 2 amide bonds. The summed E-state index contributed by atoms with van der Waals surface area (Å²) in [6.45, 7) is 3.37. The average molecular weight is 403 g/mol. The first kappa shape index (κ1) is 18.2. The lowest BCUT2D eigenvalue weighted by Crippen LogP contribution is -2.41. The third kappa shape index (κ3) is 3.16. The van der Waals surface area contributed by atoms with E-state index in [-0.39, 0.29) is 17.9 Å². The van der Waals surface area contributed by atoms with Crippen LogP contribution in [0.2, 0.25) is 0 Å². The number of rotatable bonds is 4. The predicted octanol–water partition coefficient (Wildman–Crippen LogP) is 3.10. The van der Waals surface area contributed by atoms with Gasteiger partial charge in [-0.3, -0.25) is 9.59 Å². The normalized spacial score (nSPS) is 15.9. The molecule has 30 heavy (non-hydrogen) atoms. The van der Waals surface area contributed by atoms with Crippen molar-refractivity contribution in [3.63, 3.8) is 0 Å². The third-order valence-electron chi connectivity index (χ3n) is 5.49. The first-order chi connectivity index (χ1) is 14.6. The van der Waals surface area contributed by atoms with Gasteiger partial charge in [0.15, 0.2) is 0 Å². The van der Waals surface area contributed by atoms with Crippen LogP contribution >= 0.6 is 0 Å². The zero-order chi connectivity index (χ0) is 20.7. The van der Waals surface area contributed by atoms with Gasteiger partial charge in [0.05, 0.1) is 18.8 Å². The van der Waals surface area contributed by atoms with E-state index >= 15 is 0 Å². The highest BCUT2D eigenvalue weighted by molar-refractivity contribution is 5.98. The fourth-order valence-electron chi connectivity index (χ4n) is 3.89. The number of carbonyl (C=O) groups is 2. The minimum atomic E-state index is -0.269. The van der Waals surface area contributed by atoms with Gasteiger partial charge in [-0.05, 0) is 31.2 Å². The highest BCUT2D eigenvalue weighted by atomic mass is 16.3. The number of furan rings is 1. The van der Waals surface area contributed by atoms with Crippen LogP contribution in [0.4, 0.5) is 0 Å². The standard InChI is InChI=1S/C22H21N5O3/c1-14-20-25-19(21(28)23-12-16-6-4-10-30-16)13-26(20)8-9-27(14)22(29)18-11-15-5-2-3-7-17(15)24-18/h2-7,10-11,13-14,24H,8-9,12H2,1H3,(H,23,28). The highest BCUT2D eigenvalue weighted by Crippen LogP contribution is 2.27. The molecule has 0 spiro atoms. The van der Waals surface area contributed by atoms with Crippen LogP contribution in [0.25, 0.3) is 10.9 Å². The summed E-state index contributed by atoms with van der Waals surface area (Å²) in [4.78, 5) is 35.1. The molecule has 3 aromatic heterocycles. The number of nitrogens with zero attached hydrogens (tertiary/aromatic N) is 3. The molecule has 1 aliphatic heterocycles. The smallest absolute Gasteiger partial charge is 0.271 e. The van der Waals surface area contributed by atoms with E-state index in [0.717, 1.165) is 10.9 Å². The molecule has 1 atom stereocenters. The van der Waals surface area contributed by atoms with Crippen molar-refractivity contribution in [2.45, 2.75) is 26.1 Å². The summed E-state index contributed by atoms with van der Waals surface area (Å²) in [6.07, 6.45) is 3.31. The summed E-state index contributed by atoms with van der Waals surface area (Å²) in [5.74, 6) is 1.04. The number of amides is 2. The fourth-order valence-corrected chi connectivity index (χ4v) is 3.89. The molecule has 152 valence electrons. The maximum atomic E-state index is 13.1. The number of hydrogen-bond acceptors (Lipinski definition) is 4. The molecular formula is C22H21N5O3. The molecule has 0 aliphatic carbocycles. The van der Waals surface area contributed by atoms with Crippen molar-refractivity contribution in [1.29, 1.82) is 0 Å². The first-order valence-electron chi connectivity index (χ1n) is 9.86. The SMILES string of the molecule is CC1c2nc(C(=O)NCc3ccco3)cn2CCN1C(=O)c1cc2ccccc2[nH]1. The molecule has 1 aromatic carbocycles. The Hall–Kier alpha value is -3.81. The summed E-state index contributed by atoms with van der Waals surface area (Å²) in [7, 11) is 0. The zero-order valence-corrected chi connectivity index (χ0v) is 16.5. The average Bonchev–Trinajstić information content (AvgIpc) is 3.51. The van der Waals surface area contributed by atoms with Crippen molar-refractivity contribution in [2.75, 3.05) is 6.54 Å². The van der Waals surface area contributed by atoms with Crippen LogP contribution in [-0.4, -0.2) is 37.8 Å². The number of fused-ring (bicyclic) bond motifs is 2. The molecule has 0 bridgehead atoms. The minimum Gasteiger partial charge on any atom is -0.467 e. The Kier molecular flexibility index (Phi) is 4.39. The summed E-state index contributed by atoms with van der Waals surface area (Å²) >= 11 is 0. The maximum absolute atomic E-state index is 13.1. The molecule has 5 rings (SSSR count). The molecule has 0 fully saturated rings. The van der Waals surface area contributed by atoms with Crippen LogP contribution in [0.15, 0.2) is 59.3 Å². The number of carbonyl (C=O) groups excluding carboxylic acids is 2. The molecule has 0 saturated heterocycles. The number of imidazole rings is 1.